The van der Waals surface area contributed by atoms with Crippen LogP contribution < -0.4 is 15.4 Å². The van der Waals surface area contributed by atoms with Crippen LogP contribution in [-0.2, 0) is 21.3 Å². The van der Waals surface area contributed by atoms with Crippen LogP contribution >= 0.6 is 24.0 Å². The highest BCUT2D eigenvalue weighted by Crippen LogP contribution is 2.23. The Morgan fingerprint density at radius 1 is 1.27 bits per heavy atom. The Hall–Kier alpha value is -0.910. The molecule has 1 heterocycles. The number of rotatable bonds is 7. The average molecular weight is 496 g/mol. The van der Waals surface area contributed by atoms with Gasteiger partial charge in [0.1, 0.15) is 0 Å². The molecular formula is C17H29IN4O3S. The van der Waals surface area contributed by atoms with Crippen molar-refractivity contribution in [2.75, 3.05) is 26.7 Å². The van der Waals surface area contributed by atoms with Crippen molar-refractivity contribution < 1.29 is 13.2 Å². The largest absolute Gasteiger partial charge is 0.373 e. The van der Waals surface area contributed by atoms with Gasteiger partial charge in [-0.1, -0.05) is 12.1 Å². The number of halogens is 1. The first-order chi connectivity index (χ1) is 11.9. The van der Waals surface area contributed by atoms with Gasteiger partial charge in [-0.05, 0) is 51.4 Å². The van der Waals surface area contributed by atoms with Crippen LogP contribution in [0.2, 0.25) is 0 Å². The summed E-state index contributed by atoms with van der Waals surface area (Å²) in [6.45, 7) is 6.88. The lowest BCUT2D eigenvalue weighted by molar-refractivity contribution is 0.0243. The van der Waals surface area contributed by atoms with Crippen LogP contribution in [0.25, 0.3) is 0 Å². The van der Waals surface area contributed by atoms with E-state index in [-0.39, 0.29) is 34.5 Å². The van der Waals surface area contributed by atoms with Crippen molar-refractivity contribution in [2.45, 2.75) is 43.7 Å². The van der Waals surface area contributed by atoms with E-state index in [0.29, 0.717) is 13.1 Å². The maximum absolute atomic E-state index is 11.7. The first kappa shape index (κ1) is 23.1. The summed E-state index contributed by atoms with van der Waals surface area (Å²) in [5.41, 5.74) is 0.801. The predicted octanol–water partition coefficient (Wildman–Crippen LogP) is 1.84. The zero-order valence-electron chi connectivity index (χ0n) is 15.5. The minimum atomic E-state index is -3.40. The van der Waals surface area contributed by atoms with Crippen LogP contribution in [0.4, 0.5) is 0 Å². The van der Waals surface area contributed by atoms with E-state index in [0.717, 1.165) is 37.5 Å². The highest BCUT2D eigenvalue weighted by atomic mass is 127. The molecule has 0 radical (unpaired) electrons. The molecule has 0 bridgehead atoms. The summed E-state index contributed by atoms with van der Waals surface area (Å²) in [6.07, 6.45) is 2.13. The zero-order valence-corrected chi connectivity index (χ0v) is 18.7. The van der Waals surface area contributed by atoms with Crippen LogP contribution in [0, 0.1) is 0 Å². The van der Waals surface area contributed by atoms with Gasteiger partial charge in [-0.15, -0.1) is 24.0 Å². The molecule has 0 saturated carbocycles. The molecule has 7 nitrogen and oxygen atoms in total. The monoisotopic (exact) mass is 496 g/mol. The summed E-state index contributed by atoms with van der Waals surface area (Å²) in [5, 5.41) is 6.54. The first-order valence-electron chi connectivity index (χ1n) is 8.57. The van der Waals surface area contributed by atoms with Crippen LogP contribution in [-0.4, -0.2) is 46.7 Å². The highest BCUT2D eigenvalue weighted by molar-refractivity contribution is 14.0. The lowest BCUT2D eigenvalue weighted by Gasteiger charge is -2.24. The van der Waals surface area contributed by atoms with E-state index in [9.17, 15) is 8.42 Å². The third-order valence-electron chi connectivity index (χ3n) is 4.20. The molecule has 1 fully saturated rings. The van der Waals surface area contributed by atoms with Crippen molar-refractivity contribution in [1.29, 1.82) is 0 Å². The molecule has 3 N–H and O–H groups in total. The molecule has 0 aliphatic carbocycles. The lowest BCUT2D eigenvalue weighted by atomic mass is 10.0. The van der Waals surface area contributed by atoms with E-state index in [1.807, 2.05) is 6.92 Å². The van der Waals surface area contributed by atoms with E-state index in [2.05, 4.69) is 27.3 Å². The van der Waals surface area contributed by atoms with Crippen LogP contribution in [0.5, 0.6) is 0 Å². The third kappa shape index (κ3) is 6.67. The van der Waals surface area contributed by atoms with E-state index < -0.39 is 10.0 Å². The predicted molar refractivity (Wildman–Crippen MR) is 115 cm³/mol. The lowest BCUT2D eigenvalue weighted by Crippen LogP contribution is -2.45. The number of hydrogen-bond acceptors (Lipinski definition) is 4. The second-order valence-corrected chi connectivity index (χ2v) is 8.19. The molecule has 0 aromatic heterocycles. The number of aliphatic imine (C=N–C) groups is 1. The molecule has 148 valence electrons. The molecule has 1 unspecified atom stereocenters. The van der Waals surface area contributed by atoms with Crippen molar-refractivity contribution in [2.24, 2.45) is 4.99 Å². The fraction of sp³-hybridized carbons (Fsp3) is 0.588. The van der Waals surface area contributed by atoms with Gasteiger partial charge in [0.15, 0.2) is 5.96 Å². The minimum Gasteiger partial charge on any atom is -0.373 e. The van der Waals surface area contributed by atoms with Gasteiger partial charge in [-0.3, -0.25) is 0 Å². The van der Waals surface area contributed by atoms with Gasteiger partial charge in [0.25, 0.3) is 0 Å². The van der Waals surface area contributed by atoms with Crippen molar-refractivity contribution in [3.8, 4) is 0 Å². The Morgan fingerprint density at radius 2 is 1.96 bits per heavy atom. The molecule has 0 amide bonds. The van der Waals surface area contributed by atoms with Crippen molar-refractivity contribution >= 4 is 40.0 Å². The standard InChI is InChI=1S/C17H28N4O3S.HI/c1-4-19-16(21-13-17(2)10-5-11-24-17)20-12-14-6-8-15(9-7-14)25(22,23)18-3;/h6-9,18H,4-5,10-13H2,1-3H3,(H2,19,20,21);1H. The Morgan fingerprint density at radius 3 is 2.50 bits per heavy atom. The Labute approximate surface area is 173 Å². The van der Waals surface area contributed by atoms with Gasteiger partial charge in [-0.25, -0.2) is 18.1 Å². The Balaban J connectivity index is 0.00000338. The molecule has 1 aromatic rings. The van der Waals surface area contributed by atoms with Crippen molar-refractivity contribution in [1.82, 2.24) is 15.4 Å². The molecular weight excluding hydrogens is 467 g/mol. The van der Waals surface area contributed by atoms with Crippen molar-refractivity contribution in [3.05, 3.63) is 29.8 Å². The van der Waals surface area contributed by atoms with E-state index in [1.165, 1.54) is 7.05 Å². The molecule has 26 heavy (non-hydrogen) atoms. The molecule has 1 atom stereocenters. The Kier molecular flexibility index (Phi) is 9.28. The van der Waals surface area contributed by atoms with E-state index >= 15 is 0 Å². The van der Waals surface area contributed by atoms with Crippen LogP contribution in [0.15, 0.2) is 34.2 Å². The molecule has 1 aromatic carbocycles. The number of nitrogens with one attached hydrogen (secondary N) is 3. The number of sulfonamides is 1. The Bertz CT molecular complexity index is 686. The number of ether oxygens (including phenoxy) is 1. The highest BCUT2D eigenvalue weighted by Gasteiger charge is 2.29. The molecule has 0 spiro atoms. The topological polar surface area (TPSA) is 91.8 Å². The number of guanidine groups is 1. The number of benzene rings is 1. The second kappa shape index (κ2) is 10.4. The third-order valence-corrected chi connectivity index (χ3v) is 5.63. The molecule has 2 rings (SSSR count). The van der Waals surface area contributed by atoms with Crippen LogP contribution in [0.1, 0.15) is 32.3 Å². The zero-order chi connectivity index (χ0) is 18.3. The smallest absolute Gasteiger partial charge is 0.240 e. The molecule has 1 saturated heterocycles. The van der Waals surface area contributed by atoms with Gasteiger partial charge < -0.3 is 15.4 Å². The minimum absolute atomic E-state index is 0. The van der Waals surface area contributed by atoms with E-state index in [1.54, 1.807) is 24.3 Å². The second-order valence-electron chi connectivity index (χ2n) is 6.30. The molecule has 9 heteroatoms. The van der Waals surface area contributed by atoms with Crippen molar-refractivity contribution in [3.63, 3.8) is 0 Å². The summed E-state index contributed by atoms with van der Waals surface area (Å²) in [6, 6.07) is 6.73. The number of nitrogens with zero attached hydrogens (tertiary/aromatic N) is 1. The summed E-state index contributed by atoms with van der Waals surface area (Å²) >= 11 is 0. The maximum Gasteiger partial charge on any atom is 0.240 e. The van der Waals surface area contributed by atoms with Gasteiger partial charge in [0.05, 0.1) is 17.0 Å². The molecule has 1 aliphatic heterocycles. The van der Waals surface area contributed by atoms with Gasteiger partial charge in [-0.2, -0.15) is 0 Å². The quantitative estimate of drug-likeness (QED) is 0.305. The number of hydrogen-bond donors (Lipinski definition) is 3. The molecule has 1 aliphatic rings. The summed E-state index contributed by atoms with van der Waals surface area (Å²) < 4.78 is 31.6. The van der Waals surface area contributed by atoms with Gasteiger partial charge >= 0.3 is 0 Å². The maximum atomic E-state index is 11.7. The summed E-state index contributed by atoms with van der Waals surface area (Å²) in [4.78, 5) is 4.81. The van der Waals surface area contributed by atoms with Gasteiger partial charge in [0, 0.05) is 19.7 Å². The van der Waals surface area contributed by atoms with Gasteiger partial charge in [0.2, 0.25) is 10.0 Å². The van der Waals surface area contributed by atoms with Crippen LogP contribution in [0.3, 0.4) is 0 Å². The summed E-state index contributed by atoms with van der Waals surface area (Å²) in [5.74, 6) is 0.728. The fourth-order valence-corrected chi connectivity index (χ4v) is 3.38. The first-order valence-corrected chi connectivity index (χ1v) is 10.1. The SMILES string of the molecule is CCNC(=NCc1ccc(S(=O)(=O)NC)cc1)NCC1(C)CCCO1.I. The fourth-order valence-electron chi connectivity index (χ4n) is 2.65. The summed E-state index contributed by atoms with van der Waals surface area (Å²) in [7, 11) is -2.00. The average Bonchev–Trinajstić information content (AvgIpc) is 3.05. The van der Waals surface area contributed by atoms with E-state index in [4.69, 9.17) is 4.74 Å². The normalized spacial score (nSPS) is 20.5.